The first-order valence-electron chi connectivity index (χ1n) is 8.13. The fourth-order valence-corrected chi connectivity index (χ4v) is 2.94. The molecule has 9 nitrogen and oxygen atoms in total. The number of methoxy groups -OCH3 is 1. The van der Waals surface area contributed by atoms with Crippen LogP contribution in [0.1, 0.15) is 11.4 Å². The fraction of sp³-hybridized carbons (Fsp3) is 0.235. The highest BCUT2D eigenvalue weighted by molar-refractivity contribution is 6.35. The van der Waals surface area contributed by atoms with Gasteiger partial charge in [-0.25, -0.2) is 9.25 Å². The number of fused-ring (bicyclic) bond motifs is 1. The summed E-state index contributed by atoms with van der Waals surface area (Å²) >= 11 is 6.30. The topological polar surface area (TPSA) is 92.8 Å². The first-order chi connectivity index (χ1) is 13.2. The smallest absolute Gasteiger partial charge is 0.305 e. The number of hydrogen-bond donors (Lipinski definition) is 0. The molecule has 3 aromatic heterocycles. The summed E-state index contributed by atoms with van der Waals surface area (Å²) in [5, 5.41) is 12.2. The summed E-state index contributed by atoms with van der Waals surface area (Å²) in [7, 11) is 3.37. The minimum absolute atomic E-state index is 0.226. The van der Waals surface area contributed by atoms with Crippen LogP contribution in [-0.4, -0.2) is 41.9 Å². The number of aromatic nitrogens is 7. The third-order valence-corrected chi connectivity index (χ3v) is 4.21. The monoisotopic (exact) mass is 385 g/mol. The number of imidazole rings is 1. The van der Waals surface area contributed by atoms with E-state index in [0.29, 0.717) is 29.1 Å². The molecule has 0 bridgehead atoms. The number of hydrogen-bond acceptors (Lipinski definition) is 7. The van der Waals surface area contributed by atoms with Gasteiger partial charge in [0.25, 0.3) is 5.95 Å². The standard InChI is InChI=1S/C17H16ClN7O2/c1-24-16(21-22-23-24)25-14-8-4-7-13(18)15(14)20-17(25)27-10-12-6-3-5-11(19-12)9-26-2/h3-8H,9-10H2,1-2H3. The summed E-state index contributed by atoms with van der Waals surface area (Å²) < 4.78 is 14.3. The van der Waals surface area contributed by atoms with Crippen LogP contribution in [0.5, 0.6) is 6.01 Å². The SMILES string of the molecule is COCc1cccc(COc2nc3c(Cl)cccc3n2-c2nnnn2C)n1. The summed E-state index contributed by atoms with van der Waals surface area (Å²) in [6.07, 6.45) is 0. The van der Waals surface area contributed by atoms with Gasteiger partial charge in [0.05, 0.1) is 28.5 Å². The number of ether oxygens (including phenoxy) is 2. The highest BCUT2D eigenvalue weighted by Crippen LogP contribution is 2.29. The molecular formula is C17H16ClN7O2. The number of halogens is 1. The van der Waals surface area contributed by atoms with E-state index in [2.05, 4.69) is 25.5 Å². The molecule has 4 aromatic rings. The van der Waals surface area contributed by atoms with Gasteiger partial charge in [0.1, 0.15) is 12.1 Å². The maximum atomic E-state index is 6.30. The summed E-state index contributed by atoms with van der Waals surface area (Å²) in [4.78, 5) is 9.03. The summed E-state index contributed by atoms with van der Waals surface area (Å²) in [5.41, 5.74) is 2.94. The molecule has 10 heteroatoms. The van der Waals surface area contributed by atoms with E-state index in [1.54, 1.807) is 24.8 Å². The number of para-hydroxylation sites is 1. The Morgan fingerprint density at radius 2 is 1.81 bits per heavy atom. The number of aryl methyl sites for hydroxylation is 1. The second-order valence-corrected chi connectivity index (χ2v) is 6.19. The van der Waals surface area contributed by atoms with Crippen molar-refractivity contribution in [2.24, 2.45) is 7.05 Å². The van der Waals surface area contributed by atoms with Crippen LogP contribution >= 0.6 is 11.6 Å². The zero-order valence-electron chi connectivity index (χ0n) is 14.7. The lowest BCUT2D eigenvalue weighted by molar-refractivity contribution is 0.180. The Labute approximate surface area is 159 Å². The average Bonchev–Trinajstić information content (AvgIpc) is 3.24. The second kappa shape index (κ2) is 7.29. The lowest BCUT2D eigenvalue weighted by Crippen LogP contribution is -2.09. The highest BCUT2D eigenvalue weighted by atomic mass is 35.5. The van der Waals surface area contributed by atoms with Crippen molar-refractivity contribution in [1.29, 1.82) is 0 Å². The van der Waals surface area contributed by atoms with Gasteiger partial charge in [-0.1, -0.05) is 28.8 Å². The first kappa shape index (κ1) is 17.4. The number of rotatable bonds is 6. The molecule has 0 unspecified atom stereocenters. The van der Waals surface area contributed by atoms with E-state index in [1.807, 2.05) is 30.3 Å². The second-order valence-electron chi connectivity index (χ2n) is 5.78. The maximum Gasteiger partial charge on any atom is 0.305 e. The minimum atomic E-state index is 0.226. The van der Waals surface area contributed by atoms with Crippen LogP contribution in [0.25, 0.3) is 17.0 Å². The van der Waals surface area contributed by atoms with Gasteiger partial charge in [0.15, 0.2) is 0 Å². The van der Waals surface area contributed by atoms with Crippen molar-refractivity contribution in [2.75, 3.05) is 7.11 Å². The van der Waals surface area contributed by atoms with E-state index in [-0.39, 0.29) is 6.61 Å². The predicted octanol–water partition coefficient (Wildman–Crippen LogP) is 2.32. The Hall–Kier alpha value is -3.04. The van der Waals surface area contributed by atoms with Crippen molar-refractivity contribution in [2.45, 2.75) is 13.2 Å². The van der Waals surface area contributed by atoms with Crippen LogP contribution in [-0.2, 0) is 25.0 Å². The van der Waals surface area contributed by atoms with Gasteiger partial charge in [-0.15, -0.1) is 0 Å². The maximum absolute atomic E-state index is 6.30. The van der Waals surface area contributed by atoms with Gasteiger partial charge in [-0.3, -0.25) is 4.98 Å². The Kier molecular flexibility index (Phi) is 4.69. The molecule has 4 rings (SSSR count). The van der Waals surface area contributed by atoms with Gasteiger partial charge in [-0.05, 0) is 34.7 Å². The molecule has 0 saturated carbocycles. The summed E-state index contributed by atoms with van der Waals surface area (Å²) in [6, 6.07) is 11.5. The molecule has 0 aliphatic heterocycles. The third-order valence-electron chi connectivity index (χ3n) is 3.91. The number of pyridine rings is 1. The van der Waals surface area contributed by atoms with Gasteiger partial charge >= 0.3 is 6.01 Å². The Morgan fingerprint density at radius 1 is 1.04 bits per heavy atom. The number of tetrazole rings is 1. The first-order valence-corrected chi connectivity index (χ1v) is 8.51. The van der Waals surface area contributed by atoms with Crippen molar-refractivity contribution in [3.05, 3.63) is 52.8 Å². The zero-order chi connectivity index (χ0) is 18.8. The van der Waals surface area contributed by atoms with Crippen LogP contribution in [0.15, 0.2) is 36.4 Å². The fourth-order valence-electron chi connectivity index (χ4n) is 2.72. The summed E-state index contributed by atoms with van der Waals surface area (Å²) in [5.74, 6) is 0.468. The summed E-state index contributed by atoms with van der Waals surface area (Å²) in [6.45, 7) is 0.663. The molecule has 0 aliphatic rings. The average molecular weight is 386 g/mol. The van der Waals surface area contributed by atoms with E-state index in [9.17, 15) is 0 Å². The lowest BCUT2D eigenvalue weighted by atomic mass is 10.3. The molecule has 0 atom stereocenters. The molecule has 0 spiro atoms. The molecule has 0 N–H and O–H groups in total. The van der Waals surface area contributed by atoms with E-state index in [0.717, 1.165) is 16.9 Å². The largest absolute Gasteiger partial charge is 0.458 e. The van der Waals surface area contributed by atoms with E-state index >= 15 is 0 Å². The number of benzene rings is 1. The molecule has 0 aliphatic carbocycles. The van der Waals surface area contributed by atoms with Gasteiger partial charge in [0.2, 0.25) is 0 Å². The van der Waals surface area contributed by atoms with Crippen LogP contribution < -0.4 is 4.74 Å². The normalized spacial score (nSPS) is 11.2. The Balaban J connectivity index is 1.72. The Morgan fingerprint density at radius 3 is 2.56 bits per heavy atom. The van der Waals surface area contributed by atoms with Crippen LogP contribution in [0.2, 0.25) is 5.02 Å². The van der Waals surface area contributed by atoms with Gasteiger partial charge < -0.3 is 9.47 Å². The molecule has 27 heavy (non-hydrogen) atoms. The van der Waals surface area contributed by atoms with E-state index in [1.165, 1.54) is 4.68 Å². The Bertz CT molecular complexity index is 1090. The number of nitrogens with zero attached hydrogens (tertiary/aromatic N) is 7. The van der Waals surface area contributed by atoms with Crippen molar-refractivity contribution in [3.63, 3.8) is 0 Å². The molecule has 138 valence electrons. The lowest BCUT2D eigenvalue weighted by Gasteiger charge is -2.09. The van der Waals surface area contributed by atoms with Crippen LogP contribution in [0.3, 0.4) is 0 Å². The van der Waals surface area contributed by atoms with E-state index in [4.69, 9.17) is 21.1 Å². The molecule has 0 fully saturated rings. The molecule has 1 aromatic carbocycles. The van der Waals surface area contributed by atoms with Crippen LogP contribution in [0, 0.1) is 0 Å². The quantitative estimate of drug-likeness (QED) is 0.502. The molecule has 0 saturated heterocycles. The third kappa shape index (κ3) is 3.34. The minimum Gasteiger partial charge on any atom is -0.458 e. The van der Waals surface area contributed by atoms with Crippen molar-refractivity contribution in [3.8, 4) is 12.0 Å². The van der Waals surface area contributed by atoms with Crippen molar-refractivity contribution in [1.82, 2.24) is 34.7 Å². The van der Waals surface area contributed by atoms with Crippen molar-refractivity contribution < 1.29 is 9.47 Å². The highest BCUT2D eigenvalue weighted by Gasteiger charge is 2.19. The van der Waals surface area contributed by atoms with E-state index < -0.39 is 0 Å². The zero-order valence-corrected chi connectivity index (χ0v) is 15.5. The molecular weight excluding hydrogens is 370 g/mol. The predicted molar refractivity (Wildman–Crippen MR) is 97.7 cm³/mol. The van der Waals surface area contributed by atoms with Gasteiger partial charge in [0, 0.05) is 14.2 Å². The van der Waals surface area contributed by atoms with Gasteiger partial charge in [-0.2, -0.15) is 4.98 Å². The van der Waals surface area contributed by atoms with Crippen molar-refractivity contribution >= 4 is 22.6 Å². The molecule has 3 heterocycles. The van der Waals surface area contributed by atoms with Crippen LogP contribution in [0.4, 0.5) is 0 Å². The molecule has 0 radical (unpaired) electrons. The molecule has 0 amide bonds.